The van der Waals surface area contributed by atoms with Crippen LogP contribution in [-0.2, 0) is 4.74 Å². The largest absolute Gasteiger partial charge is 0.493 e. The Morgan fingerprint density at radius 3 is 2.84 bits per heavy atom. The molecule has 0 radical (unpaired) electrons. The SMILES string of the molecule is COCCN1CCC(CNC(=O)c2cc3cccc(OC)c3o2)CC1. The van der Waals surface area contributed by atoms with Crippen molar-refractivity contribution in [2.45, 2.75) is 12.8 Å². The van der Waals surface area contributed by atoms with E-state index in [0.717, 1.165) is 44.5 Å². The standard InChI is InChI=1S/C19H26N2O4/c1-23-11-10-21-8-6-14(7-9-21)13-20-19(22)17-12-15-4-3-5-16(24-2)18(15)25-17/h3-5,12,14H,6-11,13H2,1-2H3,(H,20,22). The number of amides is 1. The molecule has 1 fully saturated rings. The number of benzene rings is 1. The normalized spacial score (nSPS) is 16.2. The van der Waals surface area contributed by atoms with Crippen LogP contribution >= 0.6 is 0 Å². The molecule has 0 atom stereocenters. The van der Waals surface area contributed by atoms with Crippen molar-refractivity contribution < 1.29 is 18.7 Å². The van der Waals surface area contributed by atoms with E-state index in [0.29, 0.717) is 29.6 Å². The van der Waals surface area contributed by atoms with Crippen molar-refractivity contribution in [2.75, 3.05) is 47.0 Å². The number of likely N-dealkylation sites (tertiary alicyclic amines) is 1. The Labute approximate surface area is 148 Å². The van der Waals surface area contributed by atoms with Gasteiger partial charge in [0.15, 0.2) is 17.1 Å². The molecule has 0 saturated carbocycles. The molecule has 0 unspecified atom stereocenters. The topological polar surface area (TPSA) is 63.9 Å². The Kier molecular flexibility index (Phi) is 5.94. The number of nitrogens with one attached hydrogen (secondary N) is 1. The van der Waals surface area contributed by atoms with E-state index in [2.05, 4.69) is 10.2 Å². The van der Waals surface area contributed by atoms with Crippen molar-refractivity contribution in [3.05, 3.63) is 30.0 Å². The van der Waals surface area contributed by atoms with Crippen LogP contribution in [-0.4, -0.2) is 57.8 Å². The molecule has 3 rings (SSSR count). The van der Waals surface area contributed by atoms with Gasteiger partial charge in [-0.15, -0.1) is 0 Å². The Balaban J connectivity index is 1.52. The number of carbonyl (C=O) groups excluding carboxylic acids is 1. The van der Waals surface area contributed by atoms with Crippen molar-refractivity contribution in [2.24, 2.45) is 5.92 Å². The minimum absolute atomic E-state index is 0.167. The first-order valence-electron chi connectivity index (χ1n) is 8.77. The van der Waals surface area contributed by atoms with Gasteiger partial charge in [-0.25, -0.2) is 0 Å². The van der Waals surface area contributed by atoms with Gasteiger partial charge in [0, 0.05) is 25.6 Å². The molecular weight excluding hydrogens is 320 g/mol. The fourth-order valence-corrected chi connectivity index (χ4v) is 3.27. The quantitative estimate of drug-likeness (QED) is 0.835. The summed E-state index contributed by atoms with van der Waals surface area (Å²) in [6.07, 6.45) is 2.19. The van der Waals surface area contributed by atoms with Crippen LogP contribution in [0.1, 0.15) is 23.4 Å². The maximum atomic E-state index is 12.4. The number of nitrogens with zero attached hydrogens (tertiary/aromatic N) is 1. The molecule has 1 aliphatic heterocycles. The molecule has 1 N–H and O–H groups in total. The van der Waals surface area contributed by atoms with Crippen LogP contribution in [0.25, 0.3) is 11.0 Å². The highest BCUT2D eigenvalue weighted by molar-refractivity contribution is 5.97. The lowest BCUT2D eigenvalue weighted by molar-refractivity contribution is 0.0901. The minimum Gasteiger partial charge on any atom is -0.493 e. The number of hydrogen-bond acceptors (Lipinski definition) is 5. The van der Waals surface area contributed by atoms with Gasteiger partial charge in [0.2, 0.25) is 0 Å². The van der Waals surface area contributed by atoms with E-state index in [-0.39, 0.29) is 5.91 Å². The Morgan fingerprint density at radius 2 is 2.12 bits per heavy atom. The van der Waals surface area contributed by atoms with Crippen molar-refractivity contribution in [1.29, 1.82) is 0 Å². The number of hydrogen-bond donors (Lipinski definition) is 1. The van der Waals surface area contributed by atoms with Crippen LogP contribution in [0.2, 0.25) is 0 Å². The van der Waals surface area contributed by atoms with Gasteiger partial charge >= 0.3 is 0 Å². The number of furan rings is 1. The lowest BCUT2D eigenvalue weighted by Crippen LogP contribution is -2.39. The molecule has 2 aromatic rings. The molecule has 1 aliphatic rings. The zero-order valence-corrected chi connectivity index (χ0v) is 14.9. The fraction of sp³-hybridized carbons (Fsp3) is 0.526. The van der Waals surface area contributed by atoms with Crippen molar-refractivity contribution in [3.8, 4) is 5.75 Å². The van der Waals surface area contributed by atoms with Crippen molar-refractivity contribution in [3.63, 3.8) is 0 Å². The molecule has 2 heterocycles. The first-order chi connectivity index (χ1) is 12.2. The molecule has 0 bridgehead atoms. The highest BCUT2D eigenvalue weighted by atomic mass is 16.5. The van der Waals surface area contributed by atoms with Crippen LogP contribution in [0.3, 0.4) is 0 Å². The lowest BCUT2D eigenvalue weighted by atomic mass is 9.97. The third-order valence-corrected chi connectivity index (χ3v) is 4.82. The summed E-state index contributed by atoms with van der Waals surface area (Å²) in [5, 5.41) is 3.88. The van der Waals surface area contributed by atoms with Crippen molar-refractivity contribution >= 4 is 16.9 Å². The number of ether oxygens (including phenoxy) is 2. The van der Waals surface area contributed by atoms with E-state index < -0.39 is 0 Å². The highest BCUT2D eigenvalue weighted by Gasteiger charge is 2.21. The van der Waals surface area contributed by atoms with Gasteiger partial charge < -0.3 is 24.1 Å². The number of carbonyl (C=O) groups is 1. The van der Waals surface area contributed by atoms with Crippen molar-refractivity contribution in [1.82, 2.24) is 10.2 Å². The summed E-state index contributed by atoms with van der Waals surface area (Å²) in [4.78, 5) is 14.8. The predicted octanol–water partition coefficient (Wildman–Crippen LogP) is 2.53. The first-order valence-corrected chi connectivity index (χ1v) is 8.77. The third kappa shape index (κ3) is 4.32. The van der Waals surface area contributed by atoms with Crippen LogP contribution in [0.5, 0.6) is 5.75 Å². The number of fused-ring (bicyclic) bond motifs is 1. The molecule has 25 heavy (non-hydrogen) atoms. The zero-order valence-electron chi connectivity index (χ0n) is 14.9. The van der Waals surface area contributed by atoms with E-state index in [4.69, 9.17) is 13.9 Å². The summed E-state index contributed by atoms with van der Waals surface area (Å²) in [6, 6.07) is 7.38. The Hall–Kier alpha value is -2.05. The summed E-state index contributed by atoms with van der Waals surface area (Å²) < 4.78 is 16.1. The van der Waals surface area contributed by atoms with Gasteiger partial charge in [0.25, 0.3) is 5.91 Å². The van der Waals surface area contributed by atoms with E-state index in [1.165, 1.54) is 0 Å². The maximum Gasteiger partial charge on any atom is 0.287 e. The molecule has 1 saturated heterocycles. The van der Waals surface area contributed by atoms with Gasteiger partial charge in [-0.2, -0.15) is 0 Å². The van der Waals surface area contributed by atoms with Gasteiger partial charge in [-0.1, -0.05) is 12.1 Å². The van der Waals surface area contributed by atoms with Crippen LogP contribution in [0, 0.1) is 5.92 Å². The third-order valence-electron chi connectivity index (χ3n) is 4.82. The smallest absolute Gasteiger partial charge is 0.287 e. The monoisotopic (exact) mass is 346 g/mol. The van der Waals surface area contributed by atoms with Crippen LogP contribution in [0.15, 0.2) is 28.7 Å². The maximum absolute atomic E-state index is 12.4. The molecule has 0 spiro atoms. The second kappa shape index (κ2) is 8.36. The highest BCUT2D eigenvalue weighted by Crippen LogP contribution is 2.28. The molecule has 1 aromatic carbocycles. The van der Waals surface area contributed by atoms with Crippen LogP contribution in [0.4, 0.5) is 0 Å². The van der Waals surface area contributed by atoms with E-state index in [1.54, 1.807) is 20.3 Å². The molecule has 6 nitrogen and oxygen atoms in total. The number of piperidine rings is 1. The molecule has 136 valence electrons. The first kappa shape index (κ1) is 17.8. The Morgan fingerprint density at radius 1 is 1.32 bits per heavy atom. The lowest BCUT2D eigenvalue weighted by Gasteiger charge is -2.31. The van der Waals surface area contributed by atoms with Crippen LogP contribution < -0.4 is 10.1 Å². The van der Waals surface area contributed by atoms with Gasteiger partial charge in [-0.05, 0) is 44.0 Å². The second-order valence-electron chi connectivity index (χ2n) is 6.48. The minimum atomic E-state index is -0.167. The average Bonchev–Trinajstić information content (AvgIpc) is 3.09. The molecular formula is C19H26N2O4. The van der Waals surface area contributed by atoms with Gasteiger partial charge in [0.1, 0.15) is 0 Å². The summed E-state index contributed by atoms with van der Waals surface area (Å²) in [6.45, 7) is 4.57. The van der Waals surface area contributed by atoms with Gasteiger partial charge in [0.05, 0.1) is 13.7 Å². The van der Waals surface area contributed by atoms with E-state index in [1.807, 2.05) is 18.2 Å². The summed E-state index contributed by atoms with van der Waals surface area (Å²) in [7, 11) is 3.33. The summed E-state index contributed by atoms with van der Waals surface area (Å²) >= 11 is 0. The van der Waals surface area contributed by atoms with E-state index >= 15 is 0 Å². The number of methoxy groups -OCH3 is 2. The zero-order chi connectivity index (χ0) is 17.6. The molecule has 0 aliphatic carbocycles. The molecule has 6 heteroatoms. The molecule has 1 aromatic heterocycles. The van der Waals surface area contributed by atoms with Gasteiger partial charge in [-0.3, -0.25) is 4.79 Å². The summed E-state index contributed by atoms with van der Waals surface area (Å²) in [5.41, 5.74) is 0.613. The predicted molar refractivity (Wildman–Crippen MR) is 96.1 cm³/mol. The van der Waals surface area contributed by atoms with E-state index in [9.17, 15) is 4.79 Å². The second-order valence-corrected chi connectivity index (χ2v) is 6.48. The number of para-hydroxylation sites is 1. The number of rotatable bonds is 7. The Bertz CT molecular complexity index is 705. The molecule has 1 amide bonds. The fourth-order valence-electron chi connectivity index (χ4n) is 3.27. The average molecular weight is 346 g/mol. The summed E-state index contributed by atoms with van der Waals surface area (Å²) in [5.74, 6) is 1.32.